The number of aryl methyl sites for hydroxylation is 1. The van der Waals surface area contributed by atoms with Gasteiger partial charge in [0, 0.05) is 5.56 Å². The summed E-state index contributed by atoms with van der Waals surface area (Å²) in [6.07, 6.45) is 0. The molecule has 88 valence electrons. The van der Waals surface area contributed by atoms with Crippen LogP contribution in [0.25, 0.3) is 11.5 Å². The van der Waals surface area contributed by atoms with Gasteiger partial charge in [0.25, 0.3) is 0 Å². The van der Waals surface area contributed by atoms with Gasteiger partial charge in [0.05, 0.1) is 6.54 Å². The van der Waals surface area contributed by atoms with Crippen molar-refractivity contribution >= 4 is 5.97 Å². The van der Waals surface area contributed by atoms with E-state index in [2.05, 4.69) is 4.98 Å². The van der Waals surface area contributed by atoms with Gasteiger partial charge in [0.1, 0.15) is 0 Å². The van der Waals surface area contributed by atoms with Gasteiger partial charge in [-0.15, -0.1) is 0 Å². The Morgan fingerprint density at radius 3 is 2.82 bits per heavy atom. The zero-order valence-corrected chi connectivity index (χ0v) is 9.30. The maximum Gasteiger partial charge on any atom is 0.358 e. The minimum absolute atomic E-state index is 0.0143. The minimum Gasteiger partial charge on any atom is -0.476 e. The lowest BCUT2D eigenvalue weighted by molar-refractivity contribution is 0.0689. The molecule has 0 fully saturated rings. The number of rotatable bonds is 3. The van der Waals surface area contributed by atoms with E-state index in [1.165, 1.54) is 0 Å². The van der Waals surface area contributed by atoms with Gasteiger partial charge in [0.15, 0.2) is 11.5 Å². The van der Waals surface area contributed by atoms with Crippen molar-refractivity contribution < 1.29 is 14.3 Å². The van der Waals surface area contributed by atoms with E-state index >= 15 is 0 Å². The van der Waals surface area contributed by atoms with Gasteiger partial charge in [-0.05, 0) is 19.1 Å². The molecule has 0 unspecified atom stereocenters. The molecule has 0 amide bonds. The topological polar surface area (TPSA) is 89.3 Å². The summed E-state index contributed by atoms with van der Waals surface area (Å²) >= 11 is 0. The first kappa shape index (κ1) is 11.3. The molecule has 5 nitrogen and oxygen atoms in total. The molecule has 5 heteroatoms. The van der Waals surface area contributed by atoms with E-state index < -0.39 is 5.97 Å². The number of carbonyl (C=O) groups is 1. The van der Waals surface area contributed by atoms with Gasteiger partial charge in [-0.25, -0.2) is 9.78 Å². The average molecular weight is 232 g/mol. The second-order valence-electron chi connectivity index (χ2n) is 3.67. The molecular formula is C12H12N2O3. The van der Waals surface area contributed by atoms with Crippen molar-refractivity contribution in [3.63, 3.8) is 0 Å². The molecule has 0 spiro atoms. The molecule has 0 bridgehead atoms. The molecule has 0 radical (unpaired) electrons. The van der Waals surface area contributed by atoms with Crippen LogP contribution in [0, 0.1) is 6.92 Å². The summed E-state index contributed by atoms with van der Waals surface area (Å²) in [4.78, 5) is 14.9. The highest BCUT2D eigenvalue weighted by molar-refractivity contribution is 5.87. The van der Waals surface area contributed by atoms with Crippen molar-refractivity contribution in [2.75, 3.05) is 0 Å². The van der Waals surface area contributed by atoms with Crippen LogP contribution in [-0.2, 0) is 6.54 Å². The number of aromatic carboxylic acids is 1. The largest absolute Gasteiger partial charge is 0.476 e. The quantitative estimate of drug-likeness (QED) is 0.842. The highest BCUT2D eigenvalue weighted by Gasteiger charge is 2.18. The summed E-state index contributed by atoms with van der Waals surface area (Å²) in [7, 11) is 0. The van der Waals surface area contributed by atoms with Gasteiger partial charge in [0.2, 0.25) is 5.89 Å². The molecule has 1 aromatic heterocycles. The number of nitrogens with zero attached hydrogens (tertiary/aromatic N) is 1. The van der Waals surface area contributed by atoms with E-state index in [1.54, 1.807) is 0 Å². The monoisotopic (exact) mass is 232 g/mol. The minimum atomic E-state index is -1.13. The Balaban J connectivity index is 2.50. The summed E-state index contributed by atoms with van der Waals surface area (Å²) in [5.74, 6) is -0.659. The third kappa shape index (κ3) is 2.19. The number of nitrogens with two attached hydrogens (primary N) is 1. The second kappa shape index (κ2) is 4.39. The van der Waals surface area contributed by atoms with Crippen LogP contribution >= 0.6 is 0 Å². The van der Waals surface area contributed by atoms with E-state index in [1.807, 2.05) is 31.2 Å². The fourth-order valence-corrected chi connectivity index (χ4v) is 1.56. The molecule has 0 atom stereocenters. The first-order valence-corrected chi connectivity index (χ1v) is 5.12. The Morgan fingerprint density at radius 1 is 1.53 bits per heavy atom. The molecule has 0 aliphatic heterocycles. The third-order valence-electron chi connectivity index (χ3n) is 2.35. The van der Waals surface area contributed by atoms with Gasteiger partial charge in [-0.2, -0.15) is 0 Å². The van der Waals surface area contributed by atoms with Crippen molar-refractivity contribution in [1.29, 1.82) is 0 Å². The molecule has 0 aliphatic rings. The molecule has 17 heavy (non-hydrogen) atoms. The number of carboxylic acid groups (broad SMARTS) is 1. The number of aromatic nitrogens is 1. The SMILES string of the molecule is Cc1cccc(-c2nc(C(=O)O)c(CN)o2)c1. The lowest BCUT2D eigenvalue weighted by Gasteiger charge is -1.96. The van der Waals surface area contributed by atoms with Crippen LogP contribution in [-0.4, -0.2) is 16.1 Å². The molecule has 1 aromatic carbocycles. The van der Waals surface area contributed by atoms with Gasteiger partial charge in [-0.3, -0.25) is 0 Å². The smallest absolute Gasteiger partial charge is 0.358 e. The summed E-state index contributed by atoms with van der Waals surface area (Å²) in [5, 5.41) is 8.93. The summed E-state index contributed by atoms with van der Waals surface area (Å²) in [6.45, 7) is 1.95. The molecule has 2 rings (SSSR count). The van der Waals surface area contributed by atoms with Crippen molar-refractivity contribution in [1.82, 2.24) is 4.98 Å². The Hall–Kier alpha value is -2.14. The van der Waals surface area contributed by atoms with Crippen LogP contribution in [0.3, 0.4) is 0 Å². The number of hydrogen-bond donors (Lipinski definition) is 2. The van der Waals surface area contributed by atoms with E-state index in [4.69, 9.17) is 15.3 Å². The van der Waals surface area contributed by atoms with E-state index in [0.29, 0.717) is 0 Å². The third-order valence-corrected chi connectivity index (χ3v) is 2.35. The number of benzene rings is 1. The van der Waals surface area contributed by atoms with Gasteiger partial charge < -0.3 is 15.3 Å². The fraction of sp³-hybridized carbons (Fsp3) is 0.167. The second-order valence-corrected chi connectivity index (χ2v) is 3.67. The molecule has 0 saturated heterocycles. The first-order chi connectivity index (χ1) is 8.11. The van der Waals surface area contributed by atoms with Crippen LogP contribution in [0.2, 0.25) is 0 Å². The van der Waals surface area contributed by atoms with Crippen LogP contribution in [0.15, 0.2) is 28.7 Å². The van der Waals surface area contributed by atoms with Crippen molar-refractivity contribution in [3.8, 4) is 11.5 Å². The zero-order chi connectivity index (χ0) is 12.4. The highest BCUT2D eigenvalue weighted by Crippen LogP contribution is 2.22. The number of oxazole rings is 1. The average Bonchev–Trinajstić information content (AvgIpc) is 2.73. The fourth-order valence-electron chi connectivity index (χ4n) is 1.56. The molecule has 2 aromatic rings. The molecule has 0 aliphatic carbocycles. The lowest BCUT2D eigenvalue weighted by Crippen LogP contribution is -2.04. The summed E-state index contributed by atoms with van der Waals surface area (Å²) in [6, 6.07) is 7.48. The maximum atomic E-state index is 10.9. The maximum absolute atomic E-state index is 10.9. The normalized spacial score (nSPS) is 10.5. The predicted molar refractivity (Wildman–Crippen MR) is 61.5 cm³/mol. The molecule has 1 heterocycles. The van der Waals surface area contributed by atoms with Crippen molar-refractivity contribution in [2.24, 2.45) is 5.73 Å². The van der Waals surface area contributed by atoms with Crippen LogP contribution in [0.5, 0.6) is 0 Å². The summed E-state index contributed by atoms with van der Waals surface area (Å²) in [5.41, 5.74) is 7.08. The molecular weight excluding hydrogens is 220 g/mol. The van der Waals surface area contributed by atoms with Gasteiger partial charge in [-0.1, -0.05) is 17.7 Å². The van der Waals surface area contributed by atoms with Crippen LogP contribution < -0.4 is 5.73 Å². The molecule has 3 N–H and O–H groups in total. The molecule has 0 saturated carbocycles. The van der Waals surface area contributed by atoms with E-state index in [0.717, 1.165) is 11.1 Å². The Kier molecular flexibility index (Phi) is 2.93. The first-order valence-electron chi connectivity index (χ1n) is 5.12. The Morgan fingerprint density at radius 2 is 2.29 bits per heavy atom. The Bertz CT molecular complexity index is 561. The summed E-state index contributed by atoms with van der Waals surface area (Å²) < 4.78 is 5.35. The van der Waals surface area contributed by atoms with E-state index in [-0.39, 0.29) is 23.9 Å². The lowest BCUT2D eigenvalue weighted by atomic mass is 10.1. The zero-order valence-electron chi connectivity index (χ0n) is 9.30. The van der Waals surface area contributed by atoms with Crippen LogP contribution in [0.1, 0.15) is 21.8 Å². The predicted octanol–water partition coefficient (Wildman–Crippen LogP) is 1.81. The van der Waals surface area contributed by atoms with Crippen molar-refractivity contribution in [3.05, 3.63) is 41.3 Å². The number of hydrogen-bond acceptors (Lipinski definition) is 4. The Labute approximate surface area is 97.9 Å². The van der Waals surface area contributed by atoms with Crippen LogP contribution in [0.4, 0.5) is 0 Å². The standard InChI is InChI=1S/C12H12N2O3/c1-7-3-2-4-8(5-7)11-14-10(12(15)16)9(6-13)17-11/h2-5H,6,13H2,1H3,(H,15,16). The highest BCUT2D eigenvalue weighted by atomic mass is 16.4. The van der Waals surface area contributed by atoms with E-state index in [9.17, 15) is 4.79 Å². The number of carboxylic acids is 1. The van der Waals surface area contributed by atoms with Crippen molar-refractivity contribution in [2.45, 2.75) is 13.5 Å². The van der Waals surface area contributed by atoms with Gasteiger partial charge >= 0.3 is 5.97 Å².